The van der Waals surface area contributed by atoms with Crippen LogP contribution in [-0.2, 0) is 23.7 Å². The molecule has 0 spiro atoms. The molecule has 0 fully saturated rings. The Kier molecular flexibility index (Phi) is 9.04. The standard InChI is InChI=1S/C19H29NO7/c1-7-25-17(21)15(20-18(22)27-19(2,3)4)16(24-6)13-8-10-14(11-9-13)26-12-23-5/h8-11,15-16H,7,12H2,1-6H3,(H,20,22)/t15-,16-/m1/s1. The SMILES string of the molecule is CCOC(=O)[C@H](NC(=O)OC(C)(C)C)[C@H](OC)c1ccc(OCOC)cc1. The number of hydrogen-bond donors (Lipinski definition) is 1. The number of ether oxygens (including phenoxy) is 5. The summed E-state index contributed by atoms with van der Waals surface area (Å²) in [5, 5.41) is 2.54. The first kappa shape index (κ1) is 22.7. The maximum atomic E-state index is 12.4. The first-order chi connectivity index (χ1) is 12.7. The number of hydrogen-bond acceptors (Lipinski definition) is 7. The second-order valence-corrected chi connectivity index (χ2v) is 6.65. The summed E-state index contributed by atoms with van der Waals surface area (Å²) < 4.78 is 26.0. The lowest BCUT2D eigenvalue weighted by molar-refractivity contribution is -0.149. The molecular weight excluding hydrogens is 354 g/mol. The maximum absolute atomic E-state index is 12.4. The largest absolute Gasteiger partial charge is 0.468 e. The second-order valence-electron chi connectivity index (χ2n) is 6.65. The van der Waals surface area contributed by atoms with E-state index in [1.54, 1.807) is 52.0 Å². The van der Waals surface area contributed by atoms with E-state index in [9.17, 15) is 9.59 Å². The zero-order valence-corrected chi connectivity index (χ0v) is 16.7. The van der Waals surface area contributed by atoms with Crippen LogP contribution in [0.5, 0.6) is 5.75 Å². The van der Waals surface area contributed by atoms with Gasteiger partial charge in [-0.2, -0.15) is 0 Å². The van der Waals surface area contributed by atoms with Crippen LogP contribution in [0.15, 0.2) is 24.3 Å². The molecule has 0 saturated carbocycles. The number of benzene rings is 1. The average Bonchev–Trinajstić information content (AvgIpc) is 2.59. The predicted molar refractivity (Wildman–Crippen MR) is 98.5 cm³/mol. The van der Waals surface area contributed by atoms with Crippen molar-refractivity contribution in [2.24, 2.45) is 0 Å². The normalized spacial score (nSPS) is 13.4. The van der Waals surface area contributed by atoms with Crippen molar-refractivity contribution in [1.82, 2.24) is 5.32 Å². The molecule has 0 bridgehead atoms. The molecule has 27 heavy (non-hydrogen) atoms. The molecule has 1 N–H and O–H groups in total. The highest BCUT2D eigenvalue weighted by Gasteiger charge is 2.34. The van der Waals surface area contributed by atoms with E-state index >= 15 is 0 Å². The van der Waals surface area contributed by atoms with E-state index in [1.165, 1.54) is 14.2 Å². The van der Waals surface area contributed by atoms with Gasteiger partial charge in [-0.3, -0.25) is 0 Å². The first-order valence-corrected chi connectivity index (χ1v) is 8.62. The molecule has 152 valence electrons. The fourth-order valence-electron chi connectivity index (χ4n) is 2.27. The highest BCUT2D eigenvalue weighted by Crippen LogP contribution is 2.24. The number of methoxy groups -OCH3 is 2. The van der Waals surface area contributed by atoms with Gasteiger partial charge in [0.1, 0.15) is 17.5 Å². The molecule has 1 aromatic carbocycles. The summed E-state index contributed by atoms with van der Waals surface area (Å²) in [6.45, 7) is 7.19. The minimum absolute atomic E-state index is 0.124. The number of nitrogens with one attached hydrogen (secondary N) is 1. The Morgan fingerprint density at radius 1 is 1.11 bits per heavy atom. The lowest BCUT2D eigenvalue weighted by atomic mass is 10.0. The van der Waals surface area contributed by atoms with Gasteiger partial charge in [0.05, 0.1) is 6.61 Å². The molecule has 8 nitrogen and oxygen atoms in total. The fourth-order valence-corrected chi connectivity index (χ4v) is 2.27. The van der Waals surface area contributed by atoms with Crippen molar-refractivity contribution >= 4 is 12.1 Å². The van der Waals surface area contributed by atoms with Gasteiger partial charge in [-0.15, -0.1) is 0 Å². The molecule has 0 saturated heterocycles. The average molecular weight is 383 g/mol. The third kappa shape index (κ3) is 7.84. The van der Waals surface area contributed by atoms with Crippen molar-refractivity contribution in [3.8, 4) is 5.75 Å². The Hall–Kier alpha value is -2.32. The number of rotatable bonds is 9. The molecule has 1 rings (SSSR count). The van der Waals surface area contributed by atoms with Crippen molar-refractivity contribution < 1.29 is 33.3 Å². The van der Waals surface area contributed by atoms with Crippen LogP contribution in [0.3, 0.4) is 0 Å². The lowest BCUT2D eigenvalue weighted by Gasteiger charge is -2.27. The number of alkyl carbamates (subject to hydrolysis) is 1. The van der Waals surface area contributed by atoms with E-state index in [1.807, 2.05) is 0 Å². The van der Waals surface area contributed by atoms with Gasteiger partial charge in [-0.1, -0.05) is 12.1 Å². The smallest absolute Gasteiger partial charge is 0.408 e. The third-order valence-corrected chi connectivity index (χ3v) is 3.32. The van der Waals surface area contributed by atoms with Gasteiger partial charge in [-0.25, -0.2) is 9.59 Å². The number of carbonyl (C=O) groups is 2. The van der Waals surface area contributed by atoms with Crippen LogP contribution >= 0.6 is 0 Å². The summed E-state index contributed by atoms with van der Waals surface area (Å²) in [4.78, 5) is 24.6. The Labute approximate surface area is 160 Å². The van der Waals surface area contributed by atoms with Crippen LogP contribution in [0.1, 0.15) is 39.4 Å². The summed E-state index contributed by atoms with van der Waals surface area (Å²) in [5.74, 6) is -0.0156. The maximum Gasteiger partial charge on any atom is 0.408 e. The van der Waals surface area contributed by atoms with Gasteiger partial charge >= 0.3 is 12.1 Å². The van der Waals surface area contributed by atoms with Gasteiger partial charge in [-0.05, 0) is 45.4 Å². The van der Waals surface area contributed by atoms with Gasteiger partial charge in [0.2, 0.25) is 0 Å². The summed E-state index contributed by atoms with van der Waals surface area (Å²) in [5.41, 5.74) is -0.0389. The van der Waals surface area contributed by atoms with Crippen LogP contribution in [0.25, 0.3) is 0 Å². The molecule has 8 heteroatoms. The van der Waals surface area contributed by atoms with Crippen LogP contribution in [0.4, 0.5) is 4.79 Å². The zero-order chi connectivity index (χ0) is 20.4. The molecule has 0 aliphatic carbocycles. The summed E-state index contributed by atoms with van der Waals surface area (Å²) in [7, 11) is 2.98. The number of amides is 1. The summed E-state index contributed by atoms with van der Waals surface area (Å²) in [6, 6.07) is 5.84. The van der Waals surface area contributed by atoms with E-state index in [2.05, 4.69) is 5.32 Å². The van der Waals surface area contributed by atoms with Crippen molar-refractivity contribution in [3.05, 3.63) is 29.8 Å². The van der Waals surface area contributed by atoms with Crippen molar-refractivity contribution in [2.75, 3.05) is 27.6 Å². The van der Waals surface area contributed by atoms with E-state index in [0.29, 0.717) is 11.3 Å². The Morgan fingerprint density at radius 2 is 1.74 bits per heavy atom. The van der Waals surface area contributed by atoms with E-state index in [4.69, 9.17) is 23.7 Å². The highest BCUT2D eigenvalue weighted by molar-refractivity contribution is 5.82. The van der Waals surface area contributed by atoms with Crippen LogP contribution < -0.4 is 10.1 Å². The predicted octanol–water partition coefficient (Wildman–Crippen LogP) is 2.81. The van der Waals surface area contributed by atoms with Gasteiger partial charge in [0, 0.05) is 14.2 Å². The van der Waals surface area contributed by atoms with Gasteiger partial charge in [0.15, 0.2) is 12.8 Å². The quantitative estimate of drug-likeness (QED) is 0.518. The zero-order valence-electron chi connectivity index (χ0n) is 16.7. The van der Waals surface area contributed by atoms with Crippen molar-refractivity contribution in [2.45, 2.75) is 45.4 Å². The molecule has 0 heterocycles. The molecule has 0 aliphatic heterocycles. The van der Waals surface area contributed by atoms with Gasteiger partial charge in [0.25, 0.3) is 0 Å². The Bertz CT molecular complexity index is 595. The monoisotopic (exact) mass is 383 g/mol. The fraction of sp³-hybridized carbons (Fsp3) is 0.579. The van der Waals surface area contributed by atoms with Crippen LogP contribution in [0, 0.1) is 0 Å². The molecule has 1 amide bonds. The van der Waals surface area contributed by atoms with Crippen molar-refractivity contribution in [1.29, 1.82) is 0 Å². The minimum atomic E-state index is -1.07. The summed E-state index contributed by atoms with van der Waals surface area (Å²) in [6.07, 6.45) is -1.50. The third-order valence-electron chi connectivity index (χ3n) is 3.32. The minimum Gasteiger partial charge on any atom is -0.468 e. The van der Waals surface area contributed by atoms with E-state index < -0.39 is 29.8 Å². The Morgan fingerprint density at radius 3 is 2.22 bits per heavy atom. The molecule has 1 aromatic rings. The van der Waals surface area contributed by atoms with Crippen LogP contribution in [0.2, 0.25) is 0 Å². The number of esters is 1. The van der Waals surface area contributed by atoms with Crippen molar-refractivity contribution in [3.63, 3.8) is 0 Å². The Balaban J connectivity index is 3.01. The highest BCUT2D eigenvalue weighted by atomic mass is 16.7. The number of carbonyl (C=O) groups excluding carboxylic acids is 2. The van der Waals surface area contributed by atoms with E-state index in [0.717, 1.165) is 0 Å². The van der Waals surface area contributed by atoms with E-state index in [-0.39, 0.29) is 13.4 Å². The van der Waals surface area contributed by atoms with Gasteiger partial charge < -0.3 is 29.0 Å². The lowest BCUT2D eigenvalue weighted by Crippen LogP contribution is -2.48. The first-order valence-electron chi connectivity index (χ1n) is 8.62. The topological polar surface area (TPSA) is 92.3 Å². The molecule has 0 radical (unpaired) electrons. The summed E-state index contributed by atoms with van der Waals surface area (Å²) >= 11 is 0. The molecular formula is C19H29NO7. The molecule has 2 atom stereocenters. The van der Waals surface area contributed by atoms with Crippen LogP contribution in [-0.4, -0.2) is 51.3 Å². The second kappa shape index (κ2) is 10.7. The molecule has 0 unspecified atom stereocenters. The molecule has 0 aromatic heterocycles. The molecule has 0 aliphatic rings.